The van der Waals surface area contributed by atoms with Crippen molar-refractivity contribution in [3.8, 4) is 0 Å². The average Bonchev–Trinajstić information content (AvgIpc) is 2.60. The van der Waals surface area contributed by atoms with Gasteiger partial charge in [-0.2, -0.15) is 0 Å². The third-order valence-electron chi connectivity index (χ3n) is 4.79. The second kappa shape index (κ2) is 7.04. The van der Waals surface area contributed by atoms with Gasteiger partial charge in [0.05, 0.1) is 0 Å². The smallest absolute Gasteiger partial charge is 0.272 e. The first-order valence-corrected chi connectivity index (χ1v) is 8.16. The zero-order valence-corrected chi connectivity index (χ0v) is 13.1. The highest BCUT2D eigenvalue weighted by Crippen LogP contribution is 2.31. The van der Waals surface area contributed by atoms with Crippen LogP contribution in [0.3, 0.4) is 0 Å². The van der Waals surface area contributed by atoms with Crippen molar-refractivity contribution in [3.63, 3.8) is 0 Å². The Labute approximate surface area is 135 Å². The van der Waals surface area contributed by atoms with Crippen molar-refractivity contribution in [1.82, 2.24) is 19.8 Å². The number of aromatic nitrogens is 2. The highest BCUT2D eigenvalue weighted by atomic mass is 16.3. The number of aliphatic hydroxyl groups excluding tert-OH is 1. The van der Waals surface area contributed by atoms with E-state index in [1.165, 1.54) is 6.33 Å². The van der Waals surface area contributed by atoms with E-state index in [-0.39, 0.29) is 24.5 Å². The Balaban J connectivity index is 1.67. The lowest BCUT2D eigenvalue weighted by Crippen LogP contribution is -2.57. The molecule has 2 amide bonds. The molecule has 0 spiro atoms. The number of aliphatic hydroxyl groups is 1. The molecule has 1 aromatic rings. The van der Waals surface area contributed by atoms with Crippen LogP contribution in [0, 0.1) is 5.92 Å². The Hall–Kier alpha value is -2.02. The van der Waals surface area contributed by atoms with E-state index in [2.05, 4.69) is 9.97 Å². The van der Waals surface area contributed by atoms with Gasteiger partial charge in [-0.1, -0.05) is 0 Å². The molecule has 3 rings (SSSR count). The number of hydrogen-bond acceptors (Lipinski definition) is 5. The predicted octanol–water partition coefficient (Wildman–Crippen LogP) is 0.312. The number of fused-ring (bicyclic) bond motifs is 1. The summed E-state index contributed by atoms with van der Waals surface area (Å²) in [7, 11) is 0. The third kappa shape index (κ3) is 3.34. The van der Waals surface area contributed by atoms with Crippen molar-refractivity contribution in [2.45, 2.75) is 31.7 Å². The molecule has 0 bridgehead atoms. The minimum atomic E-state index is -0.0651. The standard InChI is InChI=1S/C16H22N4O3/c21-9-1-7-20-14-5-8-19(10-12(14)2-3-15(20)22)16(23)13-4-6-17-11-18-13/h4,6,11-12,14,21H,1-3,5,7-10H2. The molecule has 124 valence electrons. The fraction of sp³-hybridized carbons (Fsp3) is 0.625. The van der Waals surface area contributed by atoms with Crippen LogP contribution >= 0.6 is 0 Å². The van der Waals surface area contributed by atoms with Crippen molar-refractivity contribution >= 4 is 11.8 Å². The van der Waals surface area contributed by atoms with Gasteiger partial charge in [0.2, 0.25) is 5.91 Å². The van der Waals surface area contributed by atoms with E-state index in [9.17, 15) is 9.59 Å². The first kappa shape index (κ1) is 15.9. The lowest BCUT2D eigenvalue weighted by molar-refractivity contribution is -0.140. The van der Waals surface area contributed by atoms with Gasteiger partial charge in [-0.05, 0) is 31.2 Å². The Kier molecular flexibility index (Phi) is 4.85. The van der Waals surface area contributed by atoms with Crippen LogP contribution < -0.4 is 0 Å². The molecule has 7 nitrogen and oxygen atoms in total. The summed E-state index contributed by atoms with van der Waals surface area (Å²) >= 11 is 0. The van der Waals surface area contributed by atoms with Crippen LogP contribution in [0.25, 0.3) is 0 Å². The summed E-state index contributed by atoms with van der Waals surface area (Å²) in [6, 6.07) is 1.82. The van der Waals surface area contributed by atoms with Crippen LogP contribution in [0.5, 0.6) is 0 Å². The van der Waals surface area contributed by atoms with Crippen LogP contribution in [0.4, 0.5) is 0 Å². The summed E-state index contributed by atoms with van der Waals surface area (Å²) in [5, 5.41) is 9.02. The number of carbonyl (C=O) groups is 2. The van der Waals surface area contributed by atoms with Gasteiger partial charge in [0.25, 0.3) is 5.91 Å². The summed E-state index contributed by atoms with van der Waals surface area (Å²) in [6.07, 6.45) is 5.71. The Bertz CT molecular complexity index is 566. The van der Waals surface area contributed by atoms with Crippen LogP contribution in [0.2, 0.25) is 0 Å². The molecule has 0 saturated carbocycles. The molecule has 3 heterocycles. The second-order valence-electron chi connectivity index (χ2n) is 6.16. The summed E-state index contributed by atoms with van der Waals surface area (Å²) < 4.78 is 0. The van der Waals surface area contributed by atoms with Crippen LogP contribution in [0.1, 0.15) is 36.2 Å². The fourth-order valence-electron chi connectivity index (χ4n) is 3.65. The third-order valence-corrected chi connectivity index (χ3v) is 4.79. The second-order valence-corrected chi connectivity index (χ2v) is 6.16. The van der Waals surface area contributed by atoms with E-state index in [1.54, 1.807) is 12.3 Å². The molecular formula is C16H22N4O3. The number of likely N-dealkylation sites (tertiary alicyclic amines) is 2. The summed E-state index contributed by atoms with van der Waals surface area (Å²) in [4.78, 5) is 36.3. The van der Waals surface area contributed by atoms with Gasteiger partial charge >= 0.3 is 0 Å². The van der Waals surface area contributed by atoms with Gasteiger partial charge < -0.3 is 14.9 Å². The lowest BCUT2D eigenvalue weighted by atomic mass is 9.83. The molecule has 2 aliphatic rings. The van der Waals surface area contributed by atoms with Crippen molar-refractivity contribution in [2.24, 2.45) is 5.92 Å². The van der Waals surface area contributed by atoms with Crippen LogP contribution in [-0.4, -0.2) is 69.0 Å². The molecule has 0 aromatic carbocycles. The minimum Gasteiger partial charge on any atom is -0.396 e. The van der Waals surface area contributed by atoms with Gasteiger partial charge in [-0.15, -0.1) is 0 Å². The fourth-order valence-corrected chi connectivity index (χ4v) is 3.65. The van der Waals surface area contributed by atoms with E-state index in [4.69, 9.17) is 5.11 Å². The zero-order valence-electron chi connectivity index (χ0n) is 13.1. The number of carbonyl (C=O) groups excluding carboxylic acids is 2. The monoisotopic (exact) mass is 318 g/mol. The zero-order chi connectivity index (χ0) is 16.2. The van der Waals surface area contributed by atoms with Crippen molar-refractivity contribution < 1.29 is 14.7 Å². The summed E-state index contributed by atoms with van der Waals surface area (Å²) in [5.41, 5.74) is 0.419. The molecular weight excluding hydrogens is 296 g/mol. The van der Waals surface area contributed by atoms with Gasteiger partial charge in [-0.3, -0.25) is 9.59 Å². The number of amides is 2. The molecule has 0 aliphatic carbocycles. The maximum atomic E-state index is 12.5. The van der Waals surface area contributed by atoms with Gasteiger partial charge in [0, 0.05) is 44.9 Å². The molecule has 2 aliphatic heterocycles. The van der Waals surface area contributed by atoms with E-state index in [0.29, 0.717) is 44.1 Å². The highest BCUT2D eigenvalue weighted by molar-refractivity contribution is 5.92. The maximum Gasteiger partial charge on any atom is 0.272 e. The average molecular weight is 318 g/mol. The van der Waals surface area contributed by atoms with E-state index in [1.807, 2.05) is 9.80 Å². The summed E-state index contributed by atoms with van der Waals surface area (Å²) in [5.74, 6) is 0.422. The maximum absolute atomic E-state index is 12.5. The molecule has 2 atom stereocenters. The Morgan fingerprint density at radius 3 is 3.00 bits per heavy atom. The molecule has 2 fully saturated rings. The van der Waals surface area contributed by atoms with Gasteiger partial charge in [0.15, 0.2) is 0 Å². The molecule has 2 unspecified atom stereocenters. The Morgan fingerprint density at radius 1 is 1.39 bits per heavy atom. The van der Waals surface area contributed by atoms with Crippen LogP contribution in [0.15, 0.2) is 18.6 Å². The number of nitrogens with zero attached hydrogens (tertiary/aromatic N) is 4. The minimum absolute atomic E-state index is 0.0651. The lowest BCUT2D eigenvalue weighted by Gasteiger charge is -2.47. The topological polar surface area (TPSA) is 86.6 Å². The number of hydrogen-bond donors (Lipinski definition) is 1. The van der Waals surface area contributed by atoms with Crippen molar-refractivity contribution in [1.29, 1.82) is 0 Å². The quantitative estimate of drug-likeness (QED) is 0.863. The van der Waals surface area contributed by atoms with Crippen LogP contribution in [-0.2, 0) is 4.79 Å². The van der Waals surface area contributed by atoms with Crippen molar-refractivity contribution in [3.05, 3.63) is 24.3 Å². The number of piperidine rings is 2. The normalized spacial score (nSPS) is 24.5. The molecule has 1 N–H and O–H groups in total. The first-order chi connectivity index (χ1) is 11.2. The molecule has 0 radical (unpaired) electrons. The summed E-state index contributed by atoms with van der Waals surface area (Å²) in [6.45, 7) is 2.00. The van der Waals surface area contributed by atoms with Gasteiger partial charge in [0.1, 0.15) is 12.0 Å². The van der Waals surface area contributed by atoms with E-state index < -0.39 is 0 Å². The first-order valence-electron chi connectivity index (χ1n) is 8.16. The van der Waals surface area contributed by atoms with E-state index >= 15 is 0 Å². The molecule has 1 aromatic heterocycles. The number of rotatable bonds is 4. The highest BCUT2D eigenvalue weighted by Gasteiger charge is 2.40. The van der Waals surface area contributed by atoms with Crippen molar-refractivity contribution in [2.75, 3.05) is 26.2 Å². The van der Waals surface area contributed by atoms with E-state index in [0.717, 1.165) is 12.8 Å². The van der Waals surface area contributed by atoms with Gasteiger partial charge in [-0.25, -0.2) is 9.97 Å². The molecule has 2 saturated heterocycles. The largest absolute Gasteiger partial charge is 0.396 e. The SMILES string of the molecule is O=C(c1ccncn1)N1CCC2C(CCC(=O)N2CCCO)C1. The molecule has 7 heteroatoms. The Morgan fingerprint density at radius 2 is 2.26 bits per heavy atom. The predicted molar refractivity (Wildman–Crippen MR) is 82.5 cm³/mol. The molecule has 23 heavy (non-hydrogen) atoms.